The minimum Gasteiger partial charge on any atom is -0.340 e. The summed E-state index contributed by atoms with van der Waals surface area (Å²) in [5.74, 6) is 0.287. The number of benzene rings is 1. The number of aromatic nitrogens is 2. The Morgan fingerprint density at radius 2 is 1.84 bits per heavy atom. The van der Waals surface area contributed by atoms with E-state index in [1.165, 1.54) is 18.3 Å². The average molecular weight is 308 g/mol. The van der Waals surface area contributed by atoms with Crippen molar-refractivity contribution < 1.29 is 13.2 Å². The molecule has 8 heteroatoms. The highest BCUT2D eigenvalue weighted by Crippen LogP contribution is 2.36. The first-order valence-corrected chi connectivity index (χ1v) is 5.74. The average Bonchev–Trinajstić information content (AvgIpc) is 2.30. The van der Waals surface area contributed by atoms with E-state index in [0.717, 1.165) is 12.1 Å². The van der Waals surface area contributed by atoms with E-state index in [1.807, 2.05) is 0 Å². The van der Waals surface area contributed by atoms with E-state index in [-0.39, 0.29) is 21.8 Å². The highest BCUT2D eigenvalue weighted by molar-refractivity contribution is 6.31. The van der Waals surface area contributed by atoms with Gasteiger partial charge in [-0.3, -0.25) is 0 Å². The Balaban J connectivity index is 2.32. The Hall–Kier alpha value is -1.53. The van der Waals surface area contributed by atoms with Crippen LogP contribution in [0.2, 0.25) is 10.3 Å². The summed E-state index contributed by atoms with van der Waals surface area (Å²) in [6, 6.07) is 4.95. The molecule has 1 heterocycles. The highest BCUT2D eigenvalue weighted by Gasteiger charge is 2.33. The SMILES string of the molecule is FC(F)(F)c1cc(Nc2ccnc(Cl)n2)ccc1Cl. The van der Waals surface area contributed by atoms with Gasteiger partial charge in [-0.2, -0.15) is 13.2 Å². The van der Waals surface area contributed by atoms with E-state index in [0.29, 0.717) is 0 Å². The van der Waals surface area contributed by atoms with Gasteiger partial charge in [-0.05, 0) is 35.9 Å². The van der Waals surface area contributed by atoms with Crippen LogP contribution in [0.25, 0.3) is 0 Å². The fourth-order valence-corrected chi connectivity index (χ4v) is 1.74. The fraction of sp³-hybridized carbons (Fsp3) is 0.0909. The summed E-state index contributed by atoms with van der Waals surface area (Å²) in [6.45, 7) is 0. The molecule has 1 aromatic carbocycles. The zero-order valence-corrected chi connectivity index (χ0v) is 10.7. The van der Waals surface area contributed by atoms with Crippen LogP contribution in [0.15, 0.2) is 30.5 Å². The molecule has 0 aliphatic carbocycles. The number of anilines is 2. The molecule has 0 aliphatic rings. The van der Waals surface area contributed by atoms with Crippen molar-refractivity contribution in [1.82, 2.24) is 9.97 Å². The molecular formula is C11H6Cl2F3N3. The Bertz CT molecular complexity index is 602. The van der Waals surface area contributed by atoms with Crippen molar-refractivity contribution in [3.8, 4) is 0 Å². The maximum absolute atomic E-state index is 12.7. The van der Waals surface area contributed by atoms with Gasteiger partial charge >= 0.3 is 6.18 Å². The van der Waals surface area contributed by atoms with Crippen LogP contribution in [-0.2, 0) is 6.18 Å². The summed E-state index contributed by atoms with van der Waals surface area (Å²) < 4.78 is 38.0. The summed E-state index contributed by atoms with van der Waals surface area (Å²) in [4.78, 5) is 7.48. The summed E-state index contributed by atoms with van der Waals surface area (Å²) in [7, 11) is 0. The molecule has 0 amide bonds. The lowest BCUT2D eigenvalue weighted by atomic mass is 10.2. The second kappa shape index (κ2) is 5.22. The normalized spacial score (nSPS) is 11.4. The van der Waals surface area contributed by atoms with E-state index in [2.05, 4.69) is 15.3 Å². The van der Waals surface area contributed by atoms with Crippen LogP contribution in [0, 0.1) is 0 Å². The molecule has 0 bridgehead atoms. The molecule has 1 N–H and O–H groups in total. The standard InChI is InChI=1S/C11H6Cl2F3N3/c12-8-2-1-6(5-7(8)11(14,15)16)18-9-3-4-17-10(13)19-9/h1-5H,(H,17,18,19). The third kappa shape index (κ3) is 3.48. The zero-order chi connectivity index (χ0) is 14.0. The van der Waals surface area contributed by atoms with Crippen molar-refractivity contribution in [2.45, 2.75) is 6.18 Å². The molecule has 19 heavy (non-hydrogen) atoms. The van der Waals surface area contributed by atoms with E-state index < -0.39 is 11.7 Å². The van der Waals surface area contributed by atoms with Crippen LogP contribution in [0.3, 0.4) is 0 Å². The lowest BCUT2D eigenvalue weighted by Crippen LogP contribution is -2.06. The van der Waals surface area contributed by atoms with Crippen molar-refractivity contribution in [3.63, 3.8) is 0 Å². The number of halogens is 5. The van der Waals surface area contributed by atoms with Crippen LogP contribution in [-0.4, -0.2) is 9.97 Å². The molecule has 0 unspecified atom stereocenters. The van der Waals surface area contributed by atoms with Gasteiger partial charge in [0.25, 0.3) is 0 Å². The maximum atomic E-state index is 12.7. The molecule has 0 saturated carbocycles. The van der Waals surface area contributed by atoms with Crippen LogP contribution < -0.4 is 5.32 Å². The van der Waals surface area contributed by atoms with Gasteiger partial charge in [0, 0.05) is 11.9 Å². The van der Waals surface area contributed by atoms with Gasteiger partial charge in [-0.15, -0.1) is 0 Å². The maximum Gasteiger partial charge on any atom is 0.417 e. The first-order valence-electron chi connectivity index (χ1n) is 4.98. The molecule has 0 aliphatic heterocycles. The number of alkyl halides is 3. The second-order valence-corrected chi connectivity index (χ2v) is 4.27. The summed E-state index contributed by atoms with van der Waals surface area (Å²) in [5, 5.41) is 2.32. The number of hydrogen-bond donors (Lipinski definition) is 1. The Labute approximate surface area is 116 Å². The first kappa shape index (κ1) is 13.9. The molecule has 1 aromatic heterocycles. The quantitative estimate of drug-likeness (QED) is 0.827. The van der Waals surface area contributed by atoms with Gasteiger partial charge in [-0.1, -0.05) is 11.6 Å². The van der Waals surface area contributed by atoms with E-state index in [1.54, 1.807) is 0 Å². The Morgan fingerprint density at radius 3 is 2.47 bits per heavy atom. The van der Waals surface area contributed by atoms with Crippen molar-refractivity contribution in [1.29, 1.82) is 0 Å². The monoisotopic (exact) mass is 307 g/mol. The first-order chi connectivity index (χ1) is 8.86. The van der Waals surface area contributed by atoms with Crippen LogP contribution >= 0.6 is 23.2 Å². The smallest absolute Gasteiger partial charge is 0.340 e. The van der Waals surface area contributed by atoms with Gasteiger partial charge in [0.05, 0.1) is 10.6 Å². The third-order valence-corrected chi connectivity index (χ3v) is 2.68. The van der Waals surface area contributed by atoms with Crippen molar-refractivity contribution in [2.24, 2.45) is 0 Å². The van der Waals surface area contributed by atoms with E-state index in [4.69, 9.17) is 23.2 Å². The summed E-state index contributed by atoms with van der Waals surface area (Å²) in [6.07, 6.45) is -3.13. The summed E-state index contributed by atoms with van der Waals surface area (Å²) >= 11 is 11.1. The highest BCUT2D eigenvalue weighted by atomic mass is 35.5. The van der Waals surface area contributed by atoms with Crippen molar-refractivity contribution in [3.05, 3.63) is 46.3 Å². The Kier molecular flexibility index (Phi) is 3.82. The van der Waals surface area contributed by atoms with Crippen molar-refractivity contribution >= 4 is 34.7 Å². The lowest BCUT2D eigenvalue weighted by Gasteiger charge is -2.12. The van der Waals surface area contributed by atoms with Crippen LogP contribution in [0.4, 0.5) is 24.7 Å². The predicted molar refractivity (Wildman–Crippen MR) is 66.8 cm³/mol. The van der Waals surface area contributed by atoms with Gasteiger partial charge in [0.1, 0.15) is 5.82 Å². The molecule has 0 saturated heterocycles. The molecule has 3 nitrogen and oxygen atoms in total. The molecule has 2 rings (SSSR count). The number of rotatable bonds is 2. The number of nitrogens with zero attached hydrogens (tertiary/aromatic N) is 2. The minimum atomic E-state index is -4.52. The largest absolute Gasteiger partial charge is 0.417 e. The molecular weight excluding hydrogens is 302 g/mol. The van der Waals surface area contributed by atoms with Gasteiger partial charge in [0.2, 0.25) is 5.28 Å². The number of hydrogen-bond acceptors (Lipinski definition) is 3. The topological polar surface area (TPSA) is 37.8 Å². The molecule has 0 fully saturated rings. The van der Waals surface area contributed by atoms with E-state index in [9.17, 15) is 13.2 Å². The molecule has 100 valence electrons. The number of nitrogens with one attached hydrogen (secondary N) is 1. The lowest BCUT2D eigenvalue weighted by molar-refractivity contribution is -0.137. The molecule has 2 aromatic rings. The zero-order valence-electron chi connectivity index (χ0n) is 9.17. The predicted octanol–water partition coefficient (Wildman–Crippen LogP) is 4.55. The van der Waals surface area contributed by atoms with Crippen molar-refractivity contribution in [2.75, 3.05) is 5.32 Å². The summed E-state index contributed by atoms with van der Waals surface area (Å²) in [5.41, 5.74) is -0.717. The molecule has 0 atom stereocenters. The Morgan fingerprint density at radius 1 is 1.11 bits per heavy atom. The minimum absolute atomic E-state index is 0.00462. The fourth-order valence-electron chi connectivity index (χ4n) is 1.37. The van der Waals surface area contributed by atoms with E-state index >= 15 is 0 Å². The third-order valence-electron chi connectivity index (χ3n) is 2.17. The molecule has 0 radical (unpaired) electrons. The van der Waals surface area contributed by atoms with Crippen LogP contribution in [0.5, 0.6) is 0 Å². The second-order valence-electron chi connectivity index (χ2n) is 3.53. The van der Waals surface area contributed by atoms with Gasteiger partial charge in [-0.25, -0.2) is 9.97 Å². The van der Waals surface area contributed by atoms with Gasteiger partial charge in [0.15, 0.2) is 0 Å². The molecule has 0 spiro atoms. The van der Waals surface area contributed by atoms with Crippen LogP contribution in [0.1, 0.15) is 5.56 Å². The van der Waals surface area contributed by atoms with Gasteiger partial charge < -0.3 is 5.32 Å².